The molecule has 0 atom stereocenters. The molecule has 0 aliphatic heterocycles. The van der Waals surface area contributed by atoms with Crippen molar-refractivity contribution in [3.63, 3.8) is 0 Å². The first-order valence-electron chi connectivity index (χ1n) is 7.46. The van der Waals surface area contributed by atoms with Crippen LogP contribution in [0.1, 0.15) is 25.2 Å². The topological polar surface area (TPSA) is 178 Å². The normalized spacial score (nSPS) is 9.76. The third-order valence-corrected chi connectivity index (χ3v) is 2.82. The molecule has 0 unspecified atom stereocenters. The fraction of sp³-hybridized carbons (Fsp3) is 0.429. The summed E-state index contributed by atoms with van der Waals surface area (Å²) in [4.78, 5) is 25.6. The Kier molecular flexibility index (Phi) is 7.25. The summed E-state index contributed by atoms with van der Waals surface area (Å²) in [6.07, 6.45) is 0. The van der Waals surface area contributed by atoms with E-state index in [1.807, 2.05) is 6.92 Å². The number of nitrogens with two attached hydrogens (primary N) is 3. The van der Waals surface area contributed by atoms with Crippen LogP contribution in [0.3, 0.4) is 0 Å². The Morgan fingerprint density at radius 1 is 0.840 bits per heavy atom. The van der Waals surface area contributed by atoms with E-state index in [4.69, 9.17) is 26.7 Å². The summed E-state index contributed by atoms with van der Waals surface area (Å²) in [6.45, 7) is 7.93. The molecule has 2 aromatic heterocycles. The largest absolute Gasteiger partial charge is 0.476 e. The van der Waals surface area contributed by atoms with Gasteiger partial charge in [-0.1, -0.05) is 0 Å². The van der Waals surface area contributed by atoms with Crippen molar-refractivity contribution in [1.82, 2.24) is 19.9 Å². The Balaban J connectivity index is 0.000000251. The van der Waals surface area contributed by atoms with Crippen molar-refractivity contribution < 1.29 is 9.47 Å². The van der Waals surface area contributed by atoms with Gasteiger partial charge in [0, 0.05) is 0 Å². The minimum atomic E-state index is 0.0772. The molecule has 0 radical (unpaired) electrons. The molecule has 0 spiro atoms. The quantitative estimate of drug-likeness (QED) is 0.669. The molecule has 25 heavy (non-hydrogen) atoms. The maximum Gasteiger partial charge on any atom is 0.248 e. The second-order valence-corrected chi connectivity index (χ2v) is 4.66. The average molecular weight is 350 g/mol. The van der Waals surface area contributed by atoms with Crippen LogP contribution >= 0.6 is 0 Å². The molecule has 11 heteroatoms. The van der Waals surface area contributed by atoms with Gasteiger partial charge in [0.1, 0.15) is 5.69 Å². The summed E-state index contributed by atoms with van der Waals surface area (Å²) in [6, 6.07) is 0. The molecule has 6 N–H and O–H groups in total. The van der Waals surface area contributed by atoms with E-state index in [0.29, 0.717) is 36.2 Å². The molecule has 0 saturated heterocycles. The molecule has 0 amide bonds. The number of nitroso groups, excluding NO2 is 1. The van der Waals surface area contributed by atoms with E-state index in [9.17, 15) is 4.91 Å². The van der Waals surface area contributed by atoms with Gasteiger partial charge in [-0.05, 0) is 32.9 Å². The number of rotatable bonds is 5. The van der Waals surface area contributed by atoms with E-state index in [2.05, 4.69) is 25.1 Å². The van der Waals surface area contributed by atoms with Gasteiger partial charge in [0.2, 0.25) is 23.7 Å². The van der Waals surface area contributed by atoms with Gasteiger partial charge in [0.05, 0.1) is 24.6 Å². The van der Waals surface area contributed by atoms with Crippen molar-refractivity contribution in [3.8, 4) is 11.8 Å². The van der Waals surface area contributed by atoms with E-state index in [-0.39, 0.29) is 23.5 Å². The summed E-state index contributed by atoms with van der Waals surface area (Å²) in [5.41, 5.74) is 18.0. The SMILES string of the molecule is CCOc1nc(N)nc(C)c1N.CCOc1nc(N)nc(C)c1N=O. The summed E-state index contributed by atoms with van der Waals surface area (Å²) >= 11 is 0. The van der Waals surface area contributed by atoms with Crippen LogP contribution < -0.4 is 26.7 Å². The van der Waals surface area contributed by atoms with Crippen LogP contribution in [-0.2, 0) is 0 Å². The lowest BCUT2D eigenvalue weighted by molar-refractivity contribution is 0.328. The highest BCUT2D eigenvalue weighted by Gasteiger charge is 2.11. The Hall–Kier alpha value is -3.24. The first kappa shape index (κ1) is 19.8. The first-order valence-corrected chi connectivity index (χ1v) is 7.46. The van der Waals surface area contributed by atoms with Crippen LogP contribution in [0, 0.1) is 18.8 Å². The lowest BCUT2D eigenvalue weighted by Crippen LogP contribution is -2.06. The minimum absolute atomic E-state index is 0.0772. The number of nitrogens with zero attached hydrogens (tertiary/aromatic N) is 5. The smallest absolute Gasteiger partial charge is 0.248 e. The summed E-state index contributed by atoms with van der Waals surface area (Å²) in [7, 11) is 0. The fourth-order valence-electron chi connectivity index (χ4n) is 1.73. The Labute approximate surface area is 145 Å². The van der Waals surface area contributed by atoms with Crippen molar-refractivity contribution in [1.29, 1.82) is 0 Å². The van der Waals surface area contributed by atoms with Gasteiger partial charge in [0.15, 0.2) is 5.69 Å². The van der Waals surface area contributed by atoms with Crippen molar-refractivity contribution >= 4 is 23.3 Å². The molecule has 0 aliphatic rings. The molecule has 0 bridgehead atoms. The summed E-state index contributed by atoms with van der Waals surface area (Å²) < 4.78 is 10.2. The molecular weight excluding hydrogens is 328 g/mol. The average Bonchev–Trinajstić information content (AvgIpc) is 2.53. The predicted molar refractivity (Wildman–Crippen MR) is 94.6 cm³/mol. The number of aryl methyl sites for hydroxylation is 2. The molecule has 0 aliphatic carbocycles. The molecule has 2 rings (SSSR count). The predicted octanol–water partition coefficient (Wildman–Crippen LogP) is 1.51. The number of aromatic nitrogens is 4. The number of hydrogen-bond donors (Lipinski definition) is 3. The molecular formula is C14H22N8O3. The van der Waals surface area contributed by atoms with Crippen LogP contribution in [0.25, 0.3) is 0 Å². The third kappa shape index (κ3) is 5.41. The van der Waals surface area contributed by atoms with Crippen LogP contribution in [0.4, 0.5) is 23.3 Å². The summed E-state index contributed by atoms with van der Waals surface area (Å²) in [5, 5.41) is 2.77. The Morgan fingerprint density at radius 3 is 1.84 bits per heavy atom. The fourth-order valence-corrected chi connectivity index (χ4v) is 1.73. The lowest BCUT2D eigenvalue weighted by Gasteiger charge is -2.07. The van der Waals surface area contributed by atoms with Gasteiger partial charge in [-0.3, -0.25) is 0 Å². The lowest BCUT2D eigenvalue weighted by atomic mass is 10.4. The zero-order chi connectivity index (χ0) is 19.0. The minimum Gasteiger partial charge on any atom is -0.476 e. The second-order valence-electron chi connectivity index (χ2n) is 4.66. The molecule has 0 fully saturated rings. The highest BCUT2D eigenvalue weighted by Crippen LogP contribution is 2.28. The Bertz CT molecular complexity index is 739. The summed E-state index contributed by atoms with van der Waals surface area (Å²) in [5.74, 6) is 0.767. The maximum absolute atomic E-state index is 10.4. The van der Waals surface area contributed by atoms with E-state index in [1.165, 1.54) is 0 Å². The molecule has 136 valence electrons. The monoisotopic (exact) mass is 350 g/mol. The van der Waals surface area contributed by atoms with Crippen LogP contribution in [-0.4, -0.2) is 33.1 Å². The number of hydrogen-bond acceptors (Lipinski definition) is 11. The van der Waals surface area contributed by atoms with Gasteiger partial charge >= 0.3 is 0 Å². The highest BCUT2D eigenvalue weighted by molar-refractivity contribution is 5.54. The molecule has 0 saturated carbocycles. The van der Waals surface area contributed by atoms with E-state index in [1.54, 1.807) is 20.8 Å². The standard InChI is InChI=1S/C7H10N4O2.C7H12N4O/c1-3-13-6-5(11-12)4(2)9-7(8)10-6;1-3-12-6-5(8)4(2)10-7(9)11-6/h3H2,1-2H3,(H2,8,9,10);3,8H2,1-2H3,(H2,9,10,11). The zero-order valence-electron chi connectivity index (χ0n) is 14.6. The van der Waals surface area contributed by atoms with E-state index in [0.717, 1.165) is 0 Å². The molecule has 2 heterocycles. The second kappa shape index (κ2) is 9.15. The van der Waals surface area contributed by atoms with Crippen LogP contribution in [0.5, 0.6) is 11.8 Å². The number of ether oxygens (including phenoxy) is 2. The highest BCUT2D eigenvalue weighted by atomic mass is 16.5. The van der Waals surface area contributed by atoms with Gasteiger partial charge in [0.25, 0.3) is 0 Å². The van der Waals surface area contributed by atoms with Crippen molar-refractivity contribution in [2.45, 2.75) is 27.7 Å². The van der Waals surface area contributed by atoms with Crippen molar-refractivity contribution in [3.05, 3.63) is 16.3 Å². The molecule has 2 aromatic rings. The Morgan fingerprint density at radius 2 is 1.32 bits per heavy atom. The van der Waals surface area contributed by atoms with Crippen LogP contribution in [0.15, 0.2) is 5.18 Å². The molecule has 0 aromatic carbocycles. The van der Waals surface area contributed by atoms with Gasteiger partial charge < -0.3 is 26.7 Å². The maximum atomic E-state index is 10.4. The zero-order valence-corrected chi connectivity index (χ0v) is 14.6. The molecule has 11 nitrogen and oxygen atoms in total. The number of nitrogen functional groups attached to an aromatic ring is 3. The van der Waals surface area contributed by atoms with Crippen molar-refractivity contribution in [2.24, 2.45) is 5.18 Å². The van der Waals surface area contributed by atoms with Crippen LogP contribution in [0.2, 0.25) is 0 Å². The third-order valence-electron chi connectivity index (χ3n) is 2.82. The number of anilines is 3. The van der Waals surface area contributed by atoms with Gasteiger partial charge in [-0.25, -0.2) is 9.97 Å². The van der Waals surface area contributed by atoms with Crippen molar-refractivity contribution in [2.75, 3.05) is 30.4 Å². The van der Waals surface area contributed by atoms with E-state index < -0.39 is 0 Å². The first-order chi connectivity index (χ1) is 11.8. The van der Waals surface area contributed by atoms with E-state index >= 15 is 0 Å². The van der Waals surface area contributed by atoms with Gasteiger partial charge in [-0.15, -0.1) is 4.91 Å². The van der Waals surface area contributed by atoms with Gasteiger partial charge in [-0.2, -0.15) is 9.97 Å².